The molecule has 1 unspecified atom stereocenters. The second kappa shape index (κ2) is 26.4. The lowest BCUT2D eigenvalue weighted by molar-refractivity contribution is -0.209. The van der Waals surface area contributed by atoms with Crippen LogP contribution in [0.1, 0.15) is 124 Å². The molecule has 0 saturated heterocycles. The lowest BCUT2D eigenvalue weighted by Crippen LogP contribution is -2.62. The van der Waals surface area contributed by atoms with Gasteiger partial charge in [0.25, 0.3) is 0 Å². The molecule has 0 aromatic carbocycles. The quantitative estimate of drug-likeness (QED) is 0.0429. The molecule has 4 aliphatic carbocycles. The maximum absolute atomic E-state index is 12.7. The number of nitrogens with one attached hydrogen (secondary N) is 2. The summed E-state index contributed by atoms with van der Waals surface area (Å²) in [6.07, 6.45) is 4.51. The number of carboxylic acids is 2. The number of carbonyl (C=O) groups is 7. The molecule has 18 nitrogen and oxygen atoms in total. The molecule has 2 amide bonds. The van der Waals surface area contributed by atoms with Crippen LogP contribution in [0.5, 0.6) is 0 Å². The van der Waals surface area contributed by atoms with Gasteiger partial charge in [-0.15, -0.1) is 0 Å². The molecule has 6 N–H and O–H groups in total. The summed E-state index contributed by atoms with van der Waals surface area (Å²) in [5, 5.41) is 47.5. The average Bonchev–Trinajstić information content (AvgIpc) is 3.64. The molecule has 12 atom stereocenters. The van der Waals surface area contributed by atoms with Gasteiger partial charge in [-0.1, -0.05) is 20.8 Å². The summed E-state index contributed by atoms with van der Waals surface area (Å²) in [6.45, 7) is 6.54. The normalized spacial score (nSPS) is 30.1. The van der Waals surface area contributed by atoms with E-state index in [1.165, 1.54) is 14.2 Å². The highest BCUT2D eigenvalue weighted by molar-refractivity contribution is 5.87. The highest BCUT2D eigenvalue weighted by Crippen LogP contribution is 2.68. The molecule has 0 aliphatic heterocycles. The Labute approximate surface area is 389 Å². The van der Waals surface area contributed by atoms with Crippen molar-refractivity contribution >= 4 is 41.1 Å². The van der Waals surface area contributed by atoms with Crippen molar-refractivity contribution in [2.45, 2.75) is 148 Å². The average molecular weight is 939 g/mol. The van der Waals surface area contributed by atoms with Gasteiger partial charge in [0.1, 0.15) is 13.2 Å². The van der Waals surface area contributed by atoms with E-state index in [1.807, 2.05) is 0 Å². The van der Waals surface area contributed by atoms with Gasteiger partial charge in [0, 0.05) is 65.7 Å². The Morgan fingerprint density at radius 3 is 2.12 bits per heavy atom. The molecule has 18 heteroatoms. The summed E-state index contributed by atoms with van der Waals surface area (Å²) in [5.41, 5.74) is -0.423. The van der Waals surface area contributed by atoms with Crippen LogP contribution in [-0.4, -0.2) is 146 Å². The number of amides is 2. The molecule has 0 radical (unpaired) electrons. The third-order valence-electron chi connectivity index (χ3n) is 15.8. The van der Waals surface area contributed by atoms with Gasteiger partial charge >= 0.3 is 11.9 Å². The predicted molar refractivity (Wildman–Crippen MR) is 238 cm³/mol. The molecule has 4 saturated carbocycles. The maximum Gasteiger partial charge on any atom is 0.306 e. The largest absolute Gasteiger partial charge is 0.481 e. The second-order valence-corrected chi connectivity index (χ2v) is 19.8. The Balaban J connectivity index is 1.04. The van der Waals surface area contributed by atoms with Crippen molar-refractivity contribution in [2.24, 2.45) is 52.3 Å². The first-order valence-corrected chi connectivity index (χ1v) is 24.1. The summed E-state index contributed by atoms with van der Waals surface area (Å²) in [5.74, 6) is -3.73. The van der Waals surface area contributed by atoms with Gasteiger partial charge in [-0.05, 0) is 104 Å². The number of ketones is 3. The zero-order valence-corrected chi connectivity index (χ0v) is 39.8. The molecule has 0 bridgehead atoms. The van der Waals surface area contributed by atoms with E-state index >= 15 is 0 Å². The Morgan fingerprint density at radius 1 is 0.712 bits per heavy atom. The van der Waals surface area contributed by atoms with Crippen LogP contribution in [0.2, 0.25) is 0 Å². The molecule has 376 valence electrons. The number of aliphatic carboxylic acids is 2. The number of carbonyl (C=O) groups excluding carboxylic acids is 5. The summed E-state index contributed by atoms with van der Waals surface area (Å²) >= 11 is 0. The molecule has 0 aromatic heterocycles. The molecule has 4 aliphatic rings. The Hall–Kier alpha value is -3.39. The van der Waals surface area contributed by atoms with Crippen molar-refractivity contribution in [3.63, 3.8) is 0 Å². The summed E-state index contributed by atoms with van der Waals surface area (Å²) in [4.78, 5) is 84.6. The molecule has 4 rings (SSSR count). The van der Waals surface area contributed by atoms with E-state index in [0.29, 0.717) is 25.7 Å². The van der Waals surface area contributed by atoms with Crippen LogP contribution >= 0.6 is 0 Å². The fourth-order valence-electron chi connectivity index (χ4n) is 12.0. The van der Waals surface area contributed by atoms with E-state index in [4.69, 9.17) is 23.7 Å². The summed E-state index contributed by atoms with van der Waals surface area (Å²) in [7, 11) is 2.91. The van der Waals surface area contributed by atoms with E-state index in [0.717, 1.165) is 32.1 Å². The number of aliphatic hydroxyl groups is 2. The van der Waals surface area contributed by atoms with Crippen LogP contribution in [0.4, 0.5) is 0 Å². The monoisotopic (exact) mass is 939 g/mol. The van der Waals surface area contributed by atoms with Crippen molar-refractivity contribution in [1.29, 1.82) is 0 Å². The lowest BCUT2D eigenvalue weighted by Gasteiger charge is -2.63. The number of hydrogen-bond donors (Lipinski definition) is 6. The van der Waals surface area contributed by atoms with Crippen molar-refractivity contribution < 1.29 is 77.7 Å². The molecule has 0 aromatic rings. The van der Waals surface area contributed by atoms with Crippen LogP contribution in [-0.2, 0) is 57.2 Å². The van der Waals surface area contributed by atoms with E-state index in [2.05, 4.69) is 31.4 Å². The summed E-state index contributed by atoms with van der Waals surface area (Å²) < 4.78 is 26.9. The number of Topliss-reactive ketones (excluding diaryl/α,β-unsaturated/α-hetero) is 3. The standard InChI is InChI=1S/C48H78N2O16/c1-29(6-14-43(58)59)36-10-11-37-45-38(25-40(55)48(36,37)3)47(2)17-16-35(23-31(47)24-39(45)54)66-28-33(52)8-13-41(56)49-18-19-64-20-21-65-27-34(53)22-30(46(60)61)7-12-42(57)50-26-32(51)9-15-44(62-4)63-5/h29-31,35-40,44-45,54-55H,6-28H2,1-5H3,(H,49,56)(H,50,57)(H,58,59)(H,60,61)/t29-,30-,31+,35+,36-,37?,38+,39-,40+,45+,47+,48-/m1/s1. The highest BCUT2D eigenvalue weighted by Gasteiger charge is 2.65. The summed E-state index contributed by atoms with van der Waals surface area (Å²) in [6, 6.07) is 0. The number of rotatable bonds is 31. The van der Waals surface area contributed by atoms with Crippen LogP contribution in [0.3, 0.4) is 0 Å². The van der Waals surface area contributed by atoms with Crippen LogP contribution in [0.15, 0.2) is 0 Å². The first-order valence-electron chi connectivity index (χ1n) is 24.1. The first kappa shape index (κ1) is 55.2. The third-order valence-corrected chi connectivity index (χ3v) is 15.8. The molecule has 66 heavy (non-hydrogen) atoms. The Kier molecular flexibility index (Phi) is 22.1. The van der Waals surface area contributed by atoms with Crippen LogP contribution in [0, 0.1) is 52.3 Å². The van der Waals surface area contributed by atoms with E-state index < -0.39 is 48.0 Å². The van der Waals surface area contributed by atoms with Gasteiger partial charge in [-0.2, -0.15) is 0 Å². The third kappa shape index (κ3) is 15.3. The van der Waals surface area contributed by atoms with Gasteiger partial charge in [-0.3, -0.25) is 33.6 Å². The van der Waals surface area contributed by atoms with E-state index in [9.17, 15) is 54.0 Å². The lowest BCUT2D eigenvalue weighted by atomic mass is 9.43. The zero-order valence-electron chi connectivity index (χ0n) is 39.8. The first-order chi connectivity index (χ1) is 31.3. The molecular weight excluding hydrogens is 861 g/mol. The van der Waals surface area contributed by atoms with Crippen LogP contribution < -0.4 is 10.6 Å². The SMILES string of the molecule is COC(CCC(=O)CNC(=O)CC[C@H](CC(=O)COCCOCCNC(=O)CCC(=O)CO[C@H]1CC[C@@]2(C)[C@@H](C1)C[C@@H](O)[C@H]1C3CC[C@H]([C@H](C)CCC(=O)O)[C@@]3(C)[C@@H](O)C[C@@H]12)C(=O)O)OC. The molecule has 0 heterocycles. The fraction of sp³-hybridized carbons (Fsp3) is 0.854. The van der Waals surface area contributed by atoms with Gasteiger partial charge in [0.15, 0.2) is 23.6 Å². The van der Waals surface area contributed by atoms with E-state index in [1.54, 1.807) is 0 Å². The predicted octanol–water partition coefficient (Wildman–Crippen LogP) is 3.50. The topological polar surface area (TPSA) is 271 Å². The van der Waals surface area contributed by atoms with Crippen molar-refractivity contribution in [3.05, 3.63) is 0 Å². The minimum Gasteiger partial charge on any atom is -0.481 e. The van der Waals surface area contributed by atoms with Crippen molar-refractivity contribution in [1.82, 2.24) is 10.6 Å². The minimum atomic E-state index is -1.22. The number of aliphatic hydroxyl groups excluding tert-OH is 2. The number of ether oxygens (including phenoxy) is 5. The van der Waals surface area contributed by atoms with Gasteiger partial charge in [-0.25, -0.2) is 0 Å². The van der Waals surface area contributed by atoms with Crippen molar-refractivity contribution in [2.75, 3.05) is 60.3 Å². The minimum absolute atomic E-state index is 0.00229. The molecule has 0 spiro atoms. The fourth-order valence-corrected chi connectivity index (χ4v) is 12.0. The van der Waals surface area contributed by atoms with Gasteiger partial charge in [0.05, 0.1) is 50.6 Å². The molecular formula is C48H78N2O16. The van der Waals surface area contributed by atoms with Gasteiger partial charge < -0.3 is 54.7 Å². The number of carboxylic acid groups (broad SMARTS) is 2. The molecule has 4 fully saturated rings. The van der Waals surface area contributed by atoms with Crippen molar-refractivity contribution in [3.8, 4) is 0 Å². The number of hydrogen-bond acceptors (Lipinski definition) is 14. The number of methoxy groups -OCH3 is 2. The van der Waals surface area contributed by atoms with Gasteiger partial charge in [0.2, 0.25) is 11.8 Å². The smallest absolute Gasteiger partial charge is 0.306 e. The highest BCUT2D eigenvalue weighted by atomic mass is 16.7. The van der Waals surface area contributed by atoms with Crippen LogP contribution in [0.25, 0.3) is 0 Å². The zero-order chi connectivity index (χ0) is 48.6. The maximum atomic E-state index is 12.7. The second-order valence-electron chi connectivity index (χ2n) is 19.8. The Morgan fingerprint density at radius 2 is 1.42 bits per heavy atom. The number of fused-ring (bicyclic) bond motifs is 5. The van der Waals surface area contributed by atoms with E-state index in [-0.39, 0.29) is 161 Å². The Bertz CT molecular complexity index is 1640.